The van der Waals surface area contributed by atoms with Crippen molar-refractivity contribution in [3.05, 3.63) is 29.8 Å². The summed E-state index contributed by atoms with van der Waals surface area (Å²) in [5.74, 6) is 1.06. The zero-order valence-corrected chi connectivity index (χ0v) is 12.8. The maximum atomic E-state index is 12.1. The van der Waals surface area contributed by atoms with E-state index in [0.29, 0.717) is 11.9 Å². The van der Waals surface area contributed by atoms with Crippen LogP contribution in [0.3, 0.4) is 0 Å². The lowest BCUT2D eigenvalue weighted by molar-refractivity contribution is -0.153. The molecule has 22 heavy (non-hydrogen) atoms. The van der Waals surface area contributed by atoms with Crippen LogP contribution in [0, 0.1) is 5.92 Å². The predicted octanol–water partition coefficient (Wildman–Crippen LogP) is 3.08. The van der Waals surface area contributed by atoms with Crippen molar-refractivity contribution in [1.82, 2.24) is 5.32 Å². The van der Waals surface area contributed by atoms with Gasteiger partial charge in [0, 0.05) is 6.54 Å². The number of halogens is 3. The Balaban J connectivity index is 2.48. The fourth-order valence-electron chi connectivity index (χ4n) is 1.62. The molecular formula is C15H22F3N3O. The lowest BCUT2D eigenvalue weighted by Gasteiger charge is -2.10. The smallest absolute Gasteiger partial charge is 0.422 e. The Bertz CT molecular complexity index is 487. The SMILES string of the molecule is CC(C)CCNC(N)=NCc1cccc(OCC(F)(F)F)c1. The summed E-state index contributed by atoms with van der Waals surface area (Å²) in [4.78, 5) is 4.15. The number of ether oxygens (including phenoxy) is 1. The summed E-state index contributed by atoms with van der Waals surface area (Å²) in [6.07, 6.45) is -3.37. The third kappa shape index (κ3) is 8.39. The Kier molecular flexibility index (Phi) is 7.01. The van der Waals surface area contributed by atoms with Gasteiger partial charge in [0.25, 0.3) is 0 Å². The van der Waals surface area contributed by atoms with Crippen molar-refractivity contribution in [3.63, 3.8) is 0 Å². The average Bonchev–Trinajstić information content (AvgIpc) is 2.42. The molecule has 1 aromatic rings. The van der Waals surface area contributed by atoms with Crippen LogP contribution in [0.2, 0.25) is 0 Å². The van der Waals surface area contributed by atoms with Crippen LogP contribution in [-0.2, 0) is 6.54 Å². The predicted molar refractivity (Wildman–Crippen MR) is 80.8 cm³/mol. The molecule has 0 aliphatic heterocycles. The van der Waals surface area contributed by atoms with Crippen LogP contribution in [0.15, 0.2) is 29.3 Å². The maximum absolute atomic E-state index is 12.1. The van der Waals surface area contributed by atoms with E-state index in [-0.39, 0.29) is 12.3 Å². The maximum Gasteiger partial charge on any atom is 0.422 e. The number of nitrogens with zero attached hydrogens (tertiary/aromatic N) is 1. The second-order valence-corrected chi connectivity index (χ2v) is 5.36. The number of hydrogen-bond donors (Lipinski definition) is 2. The van der Waals surface area contributed by atoms with E-state index >= 15 is 0 Å². The van der Waals surface area contributed by atoms with E-state index in [2.05, 4.69) is 28.9 Å². The van der Waals surface area contributed by atoms with Crippen molar-refractivity contribution in [2.45, 2.75) is 33.0 Å². The standard InChI is InChI=1S/C15H22F3N3O/c1-11(2)6-7-20-14(19)21-9-12-4-3-5-13(8-12)22-10-15(16,17)18/h3-5,8,11H,6-7,9-10H2,1-2H3,(H3,19,20,21). The Labute approximate surface area is 128 Å². The van der Waals surface area contributed by atoms with Crippen molar-refractivity contribution in [2.24, 2.45) is 16.6 Å². The van der Waals surface area contributed by atoms with Gasteiger partial charge in [-0.15, -0.1) is 0 Å². The minimum Gasteiger partial charge on any atom is -0.484 e. The molecule has 0 aromatic heterocycles. The van der Waals surface area contributed by atoms with E-state index in [4.69, 9.17) is 5.73 Å². The molecule has 4 nitrogen and oxygen atoms in total. The van der Waals surface area contributed by atoms with Gasteiger partial charge in [-0.3, -0.25) is 0 Å². The van der Waals surface area contributed by atoms with E-state index in [1.807, 2.05) is 0 Å². The second kappa shape index (κ2) is 8.51. The van der Waals surface area contributed by atoms with Gasteiger partial charge in [0.05, 0.1) is 6.54 Å². The van der Waals surface area contributed by atoms with Gasteiger partial charge in [-0.1, -0.05) is 26.0 Å². The van der Waals surface area contributed by atoms with Crippen molar-refractivity contribution >= 4 is 5.96 Å². The molecular weight excluding hydrogens is 295 g/mol. The molecule has 7 heteroatoms. The van der Waals surface area contributed by atoms with Crippen LogP contribution in [0.1, 0.15) is 25.8 Å². The Morgan fingerprint density at radius 2 is 2.09 bits per heavy atom. The third-order valence-electron chi connectivity index (χ3n) is 2.76. The van der Waals surface area contributed by atoms with Crippen molar-refractivity contribution in [3.8, 4) is 5.75 Å². The molecule has 1 aromatic carbocycles. The average molecular weight is 317 g/mol. The highest BCUT2D eigenvalue weighted by molar-refractivity contribution is 5.77. The van der Waals surface area contributed by atoms with Crippen LogP contribution < -0.4 is 15.8 Å². The van der Waals surface area contributed by atoms with Crippen molar-refractivity contribution < 1.29 is 17.9 Å². The minimum absolute atomic E-state index is 0.163. The first-order chi connectivity index (χ1) is 10.3. The number of benzene rings is 1. The van der Waals surface area contributed by atoms with Gasteiger partial charge in [0.2, 0.25) is 0 Å². The van der Waals surface area contributed by atoms with Gasteiger partial charge in [0.1, 0.15) is 5.75 Å². The summed E-state index contributed by atoms with van der Waals surface area (Å²) in [6.45, 7) is 3.94. The normalized spacial score (nSPS) is 12.5. The lowest BCUT2D eigenvalue weighted by atomic mass is 10.1. The second-order valence-electron chi connectivity index (χ2n) is 5.36. The van der Waals surface area contributed by atoms with Crippen molar-refractivity contribution in [2.75, 3.05) is 13.2 Å². The fraction of sp³-hybridized carbons (Fsp3) is 0.533. The molecule has 1 rings (SSSR count). The lowest BCUT2D eigenvalue weighted by Crippen LogP contribution is -2.32. The number of nitrogens with two attached hydrogens (primary N) is 1. The molecule has 3 N–H and O–H groups in total. The fourth-order valence-corrected chi connectivity index (χ4v) is 1.62. The molecule has 0 saturated carbocycles. The van der Waals surface area contributed by atoms with Gasteiger partial charge in [-0.05, 0) is 30.0 Å². The van der Waals surface area contributed by atoms with Gasteiger partial charge >= 0.3 is 6.18 Å². The van der Waals surface area contributed by atoms with Crippen LogP contribution in [0.5, 0.6) is 5.75 Å². The Morgan fingerprint density at radius 1 is 1.36 bits per heavy atom. The molecule has 0 atom stereocenters. The number of alkyl halides is 3. The number of hydrogen-bond acceptors (Lipinski definition) is 2. The van der Waals surface area contributed by atoms with E-state index in [1.54, 1.807) is 12.1 Å². The third-order valence-corrected chi connectivity index (χ3v) is 2.76. The number of guanidine groups is 1. The highest BCUT2D eigenvalue weighted by Crippen LogP contribution is 2.19. The molecule has 0 unspecified atom stereocenters. The molecule has 124 valence electrons. The molecule has 0 aliphatic rings. The monoisotopic (exact) mass is 317 g/mol. The first-order valence-corrected chi connectivity index (χ1v) is 7.08. The van der Waals surface area contributed by atoms with E-state index in [0.717, 1.165) is 18.5 Å². The molecule has 0 aliphatic carbocycles. The topological polar surface area (TPSA) is 59.6 Å². The van der Waals surface area contributed by atoms with Gasteiger partial charge in [-0.2, -0.15) is 13.2 Å². The van der Waals surface area contributed by atoms with Gasteiger partial charge < -0.3 is 15.8 Å². The zero-order valence-electron chi connectivity index (χ0n) is 12.8. The molecule has 0 bridgehead atoms. The van der Waals surface area contributed by atoms with E-state index < -0.39 is 12.8 Å². The largest absolute Gasteiger partial charge is 0.484 e. The summed E-state index contributed by atoms with van der Waals surface area (Å²) in [7, 11) is 0. The van der Waals surface area contributed by atoms with E-state index in [9.17, 15) is 13.2 Å². The van der Waals surface area contributed by atoms with Crippen LogP contribution in [0.4, 0.5) is 13.2 Å². The minimum atomic E-state index is -4.35. The number of nitrogens with one attached hydrogen (secondary N) is 1. The van der Waals surface area contributed by atoms with Gasteiger partial charge in [-0.25, -0.2) is 4.99 Å². The first-order valence-electron chi connectivity index (χ1n) is 7.08. The van der Waals surface area contributed by atoms with Crippen LogP contribution >= 0.6 is 0 Å². The zero-order chi connectivity index (χ0) is 16.6. The van der Waals surface area contributed by atoms with Gasteiger partial charge in [0.15, 0.2) is 12.6 Å². The molecule has 0 spiro atoms. The highest BCUT2D eigenvalue weighted by atomic mass is 19.4. The number of rotatable bonds is 7. The summed E-state index contributed by atoms with van der Waals surface area (Å²) in [6, 6.07) is 6.38. The molecule has 0 amide bonds. The first kappa shape index (κ1) is 18.1. The summed E-state index contributed by atoms with van der Waals surface area (Å²) in [5.41, 5.74) is 6.45. The molecule has 0 radical (unpaired) electrons. The summed E-state index contributed by atoms with van der Waals surface area (Å²) < 4.78 is 41.0. The molecule has 0 saturated heterocycles. The number of aliphatic imine (C=N–C) groups is 1. The molecule has 0 fully saturated rings. The van der Waals surface area contributed by atoms with Crippen molar-refractivity contribution in [1.29, 1.82) is 0 Å². The quantitative estimate of drug-likeness (QED) is 0.600. The Hall–Kier alpha value is -1.92. The summed E-state index contributed by atoms with van der Waals surface area (Å²) >= 11 is 0. The highest BCUT2D eigenvalue weighted by Gasteiger charge is 2.28. The van der Waals surface area contributed by atoms with E-state index in [1.165, 1.54) is 12.1 Å². The Morgan fingerprint density at radius 3 is 2.73 bits per heavy atom. The molecule has 0 heterocycles. The summed E-state index contributed by atoms with van der Waals surface area (Å²) in [5, 5.41) is 2.99. The van der Waals surface area contributed by atoms with Crippen LogP contribution in [0.25, 0.3) is 0 Å². The van der Waals surface area contributed by atoms with Crippen LogP contribution in [-0.4, -0.2) is 25.3 Å².